The number of benzene rings is 1. The van der Waals surface area contributed by atoms with E-state index >= 15 is 0 Å². The van der Waals surface area contributed by atoms with Crippen molar-refractivity contribution in [1.29, 1.82) is 0 Å². The second-order valence-corrected chi connectivity index (χ2v) is 4.69. The largest absolute Gasteiger partial charge is 0.490 e. The summed E-state index contributed by atoms with van der Waals surface area (Å²) in [5, 5.41) is 10.8. The molecular weight excluding hydrogens is 222 g/mol. The smallest absolute Gasteiger partial charge is 0.272 e. The quantitative estimate of drug-likeness (QED) is 0.458. The monoisotopic (exact) mass is 237 g/mol. The van der Waals surface area contributed by atoms with Gasteiger partial charge in [-0.1, -0.05) is 0 Å². The highest BCUT2D eigenvalue weighted by atomic mass is 16.6. The molecule has 1 fully saturated rings. The summed E-state index contributed by atoms with van der Waals surface area (Å²) >= 11 is 0. The van der Waals surface area contributed by atoms with Crippen LogP contribution in [0.1, 0.15) is 18.1 Å². The van der Waals surface area contributed by atoms with Crippen molar-refractivity contribution in [2.45, 2.75) is 26.4 Å². The lowest BCUT2D eigenvalue weighted by atomic mass is 10.1. The first-order valence-electron chi connectivity index (χ1n) is 5.44. The van der Waals surface area contributed by atoms with Crippen LogP contribution in [-0.4, -0.2) is 23.7 Å². The molecule has 0 aromatic heterocycles. The molecule has 1 heterocycles. The number of hydrogen-bond acceptors (Lipinski definition) is 4. The van der Waals surface area contributed by atoms with Crippen LogP contribution in [0.15, 0.2) is 12.1 Å². The van der Waals surface area contributed by atoms with Crippen molar-refractivity contribution >= 4 is 5.69 Å². The third-order valence-electron chi connectivity index (χ3n) is 2.86. The average molecular weight is 237 g/mol. The second-order valence-electron chi connectivity index (χ2n) is 4.69. The molecule has 1 atom stereocenters. The van der Waals surface area contributed by atoms with E-state index in [1.807, 2.05) is 6.92 Å². The molecule has 1 aromatic carbocycles. The van der Waals surface area contributed by atoms with Crippen molar-refractivity contribution in [2.24, 2.45) is 0 Å². The Morgan fingerprint density at radius 2 is 2.12 bits per heavy atom. The molecule has 92 valence electrons. The minimum atomic E-state index is -0.378. The lowest BCUT2D eigenvalue weighted by Gasteiger charge is -2.12. The molecule has 5 heteroatoms. The van der Waals surface area contributed by atoms with E-state index in [2.05, 4.69) is 0 Å². The standard InChI is InChI=1S/C12H15NO4/c1-8-5-11(16-6-12(3)7-17-12)9(2)4-10(8)13(14)15/h4-5H,6-7H2,1-3H3. The summed E-state index contributed by atoms with van der Waals surface area (Å²) in [6.07, 6.45) is 0. The molecule has 1 saturated heterocycles. The maximum Gasteiger partial charge on any atom is 0.272 e. The van der Waals surface area contributed by atoms with Gasteiger partial charge in [-0.25, -0.2) is 0 Å². The van der Waals surface area contributed by atoms with Crippen molar-refractivity contribution in [3.05, 3.63) is 33.4 Å². The summed E-state index contributed by atoms with van der Waals surface area (Å²) in [6.45, 7) is 6.67. The fourth-order valence-corrected chi connectivity index (χ4v) is 1.56. The minimum Gasteiger partial charge on any atom is -0.490 e. The number of epoxide rings is 1. The van der Waals surface area contributed by atoms with E-state index in [0.717, 1.165) is 5.56 Å². The molecule has 0 saturated carbocycles. The molecule has 1 aliphatic heterocycles. The summed E-state index contributed by atoms with van der Waals surface area (Å²) in [6, 6.07) is 3.25. The number of hydrogen-bond donors (Lipinski definition) is 0. The molecule has 2 rings (SSSR count). The molecule has 1 aromatic rings. The molecule has 5 nitrogen and oxygen atoms in total. The highest BCUT2D eigenvalue weighted by Crippen LogP contribution is 2.31. The van der Waals surface area contributed by atoms with Gasteiger partial charge in [-0.3, -0.25) is 10.1 Å². The van der Waals surface area contributed by atoms with Crippen LogP contribution in [0.4, 0.5) is 5.69 Å². The van der Waals surface area contributed by atoms with Gasteiger partial charge in [0, 0.05) is 11.6 Å². The van der Waals surface area contributed by atoms with Crippen molar-refractivity contribution in [2.75, 3.05) is 13.2 Å². The van der Waals surface area contributed by atoms with Gasteiger partial charge in [0.1, 0.15) is 18.0 Å². The number of nitro benzene ring substituents is 1. The maximum atomic E-state index is 10.8. The third kappa shape index (κ3) is 2.55. The van der Waals surface area contributed by atoms with Gasteiger partial charge in [-0.05, 0) is 32.4 Å². The molecule has 1 aliphatic rings. The predicted octanol–water partition coefficient (Wildman–Crippen LogP) is 2.38. The molecule has 0 spiro atoms. The van der Waals surface area contributed by atoms with Crippen molar-refractivity contribution in [1.82, 2.24) is 0 Å². The normalized spacial score (nSPS) is 22.3. The summed E-state index contributed by atoms with van der Waals surface area (Å²) in [5.41, 5.74) is 1.33. The van der Waals surface area contributed by atoms with Crippen molar-refractivity contribution in [3.63, 3.8) is 0 Å². The van der Waals surface area contributed by atoms with Crippen LogP contribution in [0.2, 0.25) is 0 Å². The zero-order valence-electron chi connectivity index (χ0n) is 10.1. The minimum absolute atomic E-state index is 0.128. The Morgan fingerprint density at radius 1 is 1.47 bits per heavy atom. The Balaban J connectivity index is 2.17. The summed E-state index contributed by atoms with van der Waals surface area (Å²) < 4.78 is 10.8. The van der Waals surface area contributed by atoms with Gasteiger partial charge >= 0.3 is 0 Å². The Bertz CT molecular complexity index is 466. The first kappa shape index (κ1) is 11.9. The fraction of sp³-hybridized carbons (Fsp3) is 0.500. The molecule has 1 unspecified atom stereocenters. The first-order chi connectivity index (χ1) is 7.91. The molecular formula is C12H15NO4. The van der Waals surface area contributed by atoms with Crippen LogP contribution in [-0.2, 0) is 4.74 Å². The first-order valence-corrected chi connectivity index (χ1v) is 5.44. The van der Waals surface area contributed by atoms with Crippen molar-refractivity contribution < 1.29 is 14.4 Å². The maximum absolute atomic E-state index is 10.8. The second kappa shape index (κ2) is 4.00. The zero-order valence-corrected chi connectivity index (χ0v) is 10.1. The number of nitrogens with zero attached hydrogens (tertiary/aromatic N) is 1. The van der Waals surface area contributed by atoms with Gasteiger partial charge in [0.25, 0.3) is 5.69 Å². The third-order valence-corrected chi connectivity index (χ3v) is 2.86. The number of aryl methyl sites for hydroxylation is 2. The highest BCUT2D eigenvalue weighted by Gasteiger charge is 2.40. The van der Waals surface area contributed by atoms with Crippen molar-refractivity contribution in [3.8, 4) is 5.75 Å². The van der Waals surface area contributed by atoms with E-state index < -0.39 is 0 Å². The van der Waals surface area contributed by atoms with E-state index in [4.69, 9.17) is 9.47 Å². The predicted molar refractivity (Wildman–Crippen MR) is 62.4 cm³/mol. The van der Waals surface area contributed by atoms with Gasteiger partial charge in [0.2, 0.25) is 0 Å². The Labute approximate surface area is 99.5 Å². The highest BCUT2D eigenvalue weighted by molar-refractivity contribution is 5.49. The lowest BCUT2D eigenvalue weighted by Crippen LogP contribution is -2.17. The van der Waals surface area contributed by atoms with Gasteiger partial charge < -0.3 is 9.47 Å². The number of ether oxygens (including phenoxy) is 2. The summed E-state index contributed by atoms with van der Waals surface area (Å²) in [5.74, 6) is 0.685. The van der Waals surface area contributed by atoms with Gasteiger partial charge in [0.15, 0.2) is 0 Å². The van der Waals surface area contributed by atoms with E-state index in [0.29, 0.717) is 24.5 Å². The van der Waals surface area contributed by atoms with Crippen LogP contribution >= 0.6 is 0 Å². The molecule has 0 N–H and O–H groups in total. The van der Waals surface area contributed by atoms with E-state index in [1.54, 1.807) is 26.0 Å². The van der Waals surface area contributed by atoms with Crippen LogP contribution in [0.25, 0.3) is 0 Å². The van der Waals surface area contributed by atoms with E-state index in [-0.39, 0.29) is 16.2 Å². The molecule has 0 amide bonds. The Morgan fingerprint density at radius 3 is 2.65 bits per heavy atom. The molecule has 0 bridgehead atoms. The van der Waals surface area contributed by atoms with Gasteiger partial charge in [-0.2, -0.15) is 0 Å². The topological polar surface area (TPSA) is 64.9 Å². The average Bonchev–Trinajstić information content (AvgIpc) is 2.97. The fourth-order valence-electron chi connectivity index (χ4n) is 1.56. The van der Waals surface area contributed by atoms with Crippen LogP contribution < -0.4 is 4.74 Å². The van der Waals surface area contributed by atoms with Crippen LogP contribution in [0.3, 0.4) is 0 Å². The van der Waals surface area contributed by atoms with E-state index in [1.165, 1.54) is 0 Å². The summed E-state index contributed by atoms with van der Waals surface area (Å²) in [4.78, 5) is 10.4. The Kier molecular flexibility index (Phi) is 2.79. The lowest BCUT2D eigenvalue weighted by molar-refractivity contribution is -0.385. The zero-order chi connectivity index (χ0) is 12.6. The molecule has 0 aliphatic carbocycles. The molecule has 0 radical (unpaired) electrons. The summed E-state index contributed by atoms with van der Waals surface area (Å²) in [7, 11) is 0. The van der Waals surface area contributed by atoms with Gasteiger partial charge in [-0.15, -0.1) is 0 Å². The molecule has 17 heavy (non-hydrogen) atoms. The van der Waals surface area contributed by atoms with Crippen LogP contribution in [0.5, 0.6) is 5.75 Å². The van der Waals surface area contributed by atoms with Gasteiger partial charge in [0.05, 0.1) is 11.5 Å². The SMILES string of the molecule is Cc1cc([N+](=O)[O-])c(C)cc1OCC1(C)CO1. The number of rotatable bonds is 4. The van der Waals surface area contributed by atoms with E-state index in [9.17, 15) is 10.1 Å². The Hall–Kier alpha value is -1.62. The van der Waals surface area contributed by atoms with Crippen LogP contribution in [0, 0.1) is 24.0 Å². The number of nitro groups is 1.